The Hall–Kier alpha value is -1.50. The van der Waals surface area contributed by atoms with E-state index in [-0.39, 0.29) is 0 Å². The molecule has 0 saturated heterocycles. The summed E-state index contributed by atoms with van der Waals surface area (Å²) in [5.41, 5.74) is 3.82. The minimum absolute atomic E-state index is 0.446. The number of hydrogen-bond donors (Lipinski definition) is 1. The summed E-state index contributed by atoms with van der Waals surface area (Å²) in [4.78, 5) is 9.40. The van der Waals surface area contributed by atoms with Crippen LogP contribution in [0.3, 0.4) is 0 Å². The predicted octanol–water partition coefficient (Wildman–Crippen LogP) is 3.90. The molecular formula is C16H14Br2N4. The zero-order valence-electron chi connectivity index (χ0n) is 11.9. The summed E-state index contributed by atoms with van der Waals surface area (Å²) in [6, 6.07) is 14.1. The summed E-state index contributed by atoms with van der Waals surface area (Å²) in [5, 5.41) is 1.51. The first kappa shape index (κ1) is 15.4. The van der Waals surface area contributed by atoms with E-state index in [9.17, 15) is 0 Å². The molecule has 2 N–H and O–H groups in total. The van der Waals surface area contributed by atoms with Gasteiger partial charge in [-0.05, 0) is 44.0 Å². The molecule has 6 heteroatoms. The van der Waals surface area contributed by atoms with Gasteiger partial charge in [0.15, 0.2) is 0 Å². The van der Waals surface area contributed by atoms with Gasteiger partial charge >= 0.3 is 0 Å². The highest BCUT2D eigenvalue weighted by Gasteiger charge is 2.18. The largest absolute Gasteiger partial charge is 0.300 e. The van der Waals surface area contributed by atoms with Crippen LogP contribution >= 0.6 is 31.9 Å². The number of amidine groups is 1. The molecule has 1 aliphatic rings. The number of benzene rings is 2. The van der Waals surface area contributed by atoms with Crippen LogP contribution in [-0.4, -0.2) is 30.1 Å². The van der Waals surface area contributed by atoms with Crippen LogP contribution in [0.15, 0.2) is 61.4 Å². The molecule has 1 heterocycles. The number of aliphatic imine (C=N–C) groups is 2. The van der Waals surface area contributed by atoms with E-state index in [1.165, 1.54) is 5.01 Å². The van der Waals surface area contributed by atoms with Crippen molar-refractivity contribution in [2.75, 3.05) is 13.6 Å². The normalized spacial score (nSPS) is 13.8. The zero-order valence-corrected chi connectivity index (χ0v) is 15.1. The second kappa shape index (κ2) is 6.32. The average molecular weight is 422 g/mol. The molecule has 1 aliphatic heterocycles. The topological polar surface area (TPSA) is 54.0 Å². The smallest absolute Gasteiger partial charge is 0.140 e. The molecule has 0 unspecified atom stereocenters. The molecule has 0 radical (unpaired) electrons. The monoisotopic (exact) mass is 420 g/mol. The van der Waals surface area contributed by atoms with Crippen molar-refractivity contribution in [3.05, 3.63) is 62.5 Å². The Morgan fingerprint density at radius 1 is 1.09 bits per heavy atom. The van der Waals surface area contributed by atoms with Gasteiger partial charge in [-0.1, -0.05) is 30.3 Å². The molecule has 0 amide bonds. The third kappa shape index (κ3) is 2.99. The van der Waals surface area contributed by atoms with Crippen molar-refractivity contribution in [1.82, 2.24) is 5.01 Å². The Bertz CT molecular complexity index is 767. The highest BCUT2D eigenvalue weighted by Crippen LogP contribution is 2.34. The fraction of sp³-hybridized carbons (Fsp3) is 0.125. The highest BCUT2D eigenvalue weighted by molar-refractivity contribution is 9.13. The number of nitrogens with two attached hydrogens (primary N) is 1. The molecule has 22 heavy (non-hydrogen) atoms. The maximum Gasteiger partial charge on any atom is 0.140 e. The van der Waals surface area contributed by atoms with Crippen LogP contribution in [0.25, 0.3) is 0 Å². The number of halogens is 2. The molecule has 0 fully saturated rings. The molecule has 112 valence electrons. The van der Waals surface area contributed by atoms with E-state index < -0.39 is 0 Å². The highest BCUT2D eigenvalue weighted by atomic mass is 79.9. The van der Waals surface area contributed by atoms with Crippen LogP contribution in [0.1, 0.15) is 11.1 Å². The standard InChI is InChI=1S/C16H14Br2N4/c1-22(19)15-9-20-16(10-5-3-2-4-6-10)11-7-12(17)13(18)8-14(11)21-15/h2-8H,9,19H2,1H3. The summed E-state index contributed by atoms with van der Waals surface area (Å²) in [6.45, 7) is 0.446. The Labute approximate surface area is 146 Å². The van der Waals surface area contributed by atoms with Crippen LogP contribution in [0.4, 0.5) is 5.69 Å². The van der Waals surface area contributed by atoms with Crippen molar-refractivity contribution in [2.24, 2.45) is 15.8 Å². The number of rotatable bonds is 1. The zero-order chi connectivity index (χ0) is 15.7. The second-order valence-corrected chi connectivity index (χ2v) is 6.66. The van der Waals surface area contributed by atoms with E-state index in [0.717, 1.165) is 37.3 Å². The van der Waals surface area contributed by atoms with Crippen molar-refractivity contribution < 1.29 is 0 Å². The Morgan fingerprint density at radius 2 is 1.77 bits per heavy atom. The first-order chi connectivity index (χ1) is 10.6. The molecule has 2 aromatic rings. The molecule has 0 saturated carbocycles. The number of fused-ring (bicyclic) bond motifs is 1. The number of hydrazine groups is 1. The van der Waals surface area contributed by atoms with Crippen molar-refractivity contribution in [2.45, 2.75) is 0 Å². The van der Waals surface area contributed by atoms with Gasteiger partial charge in [0.25, 0.3) is 0 Å². The summed E-state index contributed by atoms with van der Waals surface area (Å²) < 4.78 is 1.91. The fourth-order valence-corrected chi connectivity index (χ4v) is 2.94. The van der Waals surface area contributed by atoms with Gasteiger partial charge in [0.1, 0.15) is 5.84 Å². The summed E-state index contributed by atoms with van der Waals surface area (Å²) in [7, 11) is 1.77. The van der Waals surface area contributed by atoms with Crippen LogP contribution < -0.4 is 5.84 Å². The minimum atomic E-state index is 0.446. The number of likely N-dealkylation sites (N-methyl/N-ethyl adjacent to an activating group) is 1. The molecule has 0 bridgehead atoms. The molecule has 0 aromatic heterocycles. The Balaban J connectivity index is 2.22. The average Bonchev–Trinajstić information content (AvgIpc) is 2.68. The molecule has 3 rings (SSSR count). The van der Waals surface area contributed by atoms with Gasteiger partial charge in [-0.15, -0.1) is 0 Å². The van der Waals surface area contributed by atoms with E-state index >= 15 is 0 Å². The molecule has 0 aliphatic carbocycles. The summed E-state index contributed by atoms with van der Waals surface area (Å²) in [6.07, 6.45) is 0. The first-order valence-corrected chi connectivity index (χ1v) is 8.30. The Kier molecular flexibility index (Phi) is 4.42. The maximum absolute atomic E-state index is 5.86. The van der Waals surface area contributed by atoms with Crippen molar-refractivity contribution in [1.29, 1.82) is 0 Å². The lowest BCUT2D eigenvalue weighted by Gasteiger charge is -2.12. The van der Waals surface area contributed by atoms with Gasteiger partial charge in [0, 0.05) is 27.1 Å². The van der Waals surface area contributed by atoms with E-state index in [1.807, 2.05) is 30.3 Å². The summed E-state index contributed by atoms with van der Waals surface area (Å²) >= 11 is 7.09. The maximum atomic E-state index is 5.86. The van der Waals surface area contributed by atoms with Crippen molar-refractivity contribution >= 4 is 49.1 Å². The van der Waals surface area contributed by atoms with Crippen LogP contribution in [-0.2, 0) is 0 Å². The Morgan fingerprint density at radius 3 is 2.45 bits per heavy atom. The molecular weight excluding hydrogens is 408 g/mol. The molecule has 2 aromatic carbocycles. The quantitative estimate of drug-likeness (QED) is 0.560. The number of hydrogen-bond acceptors (Lipinski definition) is 4. The predicted molar refractivity (Wildman–Crippen MR) is 97.8 cm³/mol. The lowest BCUT2D eigenvalue weighted by Crippen LogP contribution is -2.34. The van der Waals surface area contributed by atoms with Crippen LogP contribution in [0.5, 0.6) is 0 Å². The SMILES string of the molecule is CN(N)C1=Nc2cc(Br)c(Br)cc2C(c2ccccc2)=NC1. The van der Waals surface area contributed by atoms with E-state index in [0.29, 0.717) is 6.54 Å². The van der Waals surface area contributed by atoms with E-state index in [4.69, 9.17) is 10.8 Å². The molecule has 4 nitrogen and oxygen atoms in total. The van der Waals surface area contributed by atoms with Gasteiger partial charge < -0.3 is 0 Å². The van der Waals surface area contributed by atoms with E-state index in [2.05, 4.69) is 49.0 Å². The lowest BCUT2D eigenvalue weighted by molar-refractivity contribution is 0.531. The van der Waals surface area contributed by atoms with Gasteiger partial charge in [0.05, 0.1) is 17.9 Å². The molecule has 0 atom stereocenters. The van der Waals surface area contributed by atoms with Gasteiger partial charge in [0.2, 0.25) is 0 Å². The second-order valence-electron chi connectivity index (χ2n) is 4.95. The fourth-order valence-electron chi connectivity index (χ4n) is 2.26. The van der Waals surface area contributed by atoms with Crippen LogP contribution in [0, 0.1) is 0 Å². The molecule has 0 spiro atoms. The van der Waals surface area contributed by atoms with Crippen molar-refractivity contribution in [3.63, 3.8) is 0 Å². The van der Waals surface area contributed by atoms with Gasteiger partial charge in [-0.2, -0.15) is 0 Å². The van der Waals surface area contributed by atoms with Gasteiger partial charge in [-0.25, -0.2) is 10.8 Å². The third-order valence-corrected chi connectivity index (χ3v) is 5.22. The minimum Gasteiger partial charge on any atom is -0.300 e. The van der Waals surface area contributed by atoms with Gasteiger partial charge in [-0.3, -0.25) is 10.0 Å². The first-order valence-electron chi connectivity index (χ1n) is 6.71. The third-order valence-electron chi connectivity index (χ3n) is 3.38. The lowest BCUT2D eigenvalue weighted by atomic mass is 10.0. The van der Waals surface area contributed by atoms with Crippen molar-refractivity contribution in [3.8, 4) is 0 Å². The van der Waals surface area contributed by atoms with E-state index in [1.54, 1.807) is 7.05 Å². The summed E-state index contributed by atoms with van der Waals surface area (Å²) in [5.74, 6) is 6.58. The van der Waals surface area contributed by atoms with Crippen LogP contribution in [0.2, 0.25) is 0 Å². The number of nitrogens with zero attached hydrogens (tertiary/aromatic N) is 3.